The highest BCUT2D eigenvalue weighted by atomic mass is 35.5. The number of carbonyl (C=O) groups excluding carboxylic acids is 1. The molecule has 10 heteroatoms. The summed E-state index contributed by atoms with van der Waals surface area (Å²) in [4.78, 5) is 25.9. The molecular weight excluding hydrogens is 496 g/mol. The minimum absolute atomic E-state index is 0.0825. The SMILES string of the molecule is NC[C@@H](O)[C@H](CC1CCCCC1)NC(=O)N1CCC[C@@H]([C@@](O)(CCCNC(=O)O)c2cccc(Cl)c2)C1. The molecule has 3 rings (SSSR count). The number of benzene rings is 1. The van der Waals surface area contributed by atoms with Crippen LogP contribution in [0.25, 0.3) is 0 Å². The van der Waals surface area contributed by atoms with E-state index < -0.39 is 23.8 Å². The Labute approximate surface area is 224 Å². The largest absolute Gasteiger partial charge is 0.465 e. The van der Waals surface area contributed by atoms with Crippen LogP contribution in [0.5, 0.6) is 0 Å². The van der Waals surface area contributed by atoms with Crippen LogP contribution in [0.3, 0.4) is 0 Å². The highest BCUT2D eigenvalue weighted by Gasteiger charge is 2.41. The highest BCUT2D eigenvalue weighted by Crippen LogP contribution is 2.40. The first-order valence-corrected chi connectivity index (χ1v) is 14.0. The van der Waals surface area contributed by atoms with Gasteiger partial charge in [0.05, 0.1) is 17.7 Å². The smallest absolute Gasteiger partial charge is 0.404 e. The standard InChI is InChI=1S/C27H43ClN4O5/c28-22-11-4-9-20(16-22)27(37,12-6-13-30-26(35)36)21-10-5-14-32(18-21)25(34)31-23(24(33)17-29)15-19-7-2-1-3-8-19/h4,9,11,16,19,21,23-24,30,33,37H,1-3,5-8,10,12-15,17-18,29H2,(H,31,34)(H,35,36)/t21-,23+,24-,27-/m1/s1. The van der Waals surface area contributed by atoms with E-state index in [1.165, 1.54) is 19.3 Å². The van der Waals surface area contributed by atoms with Gasteiger partial charge < -0.3 is 36.6 Å². The Morgan fingerprint density at radius 3 is 2.62 bits per heavy atom. The van der Waals surface area contributed by atoms with Crippen molar-refractivity contribution in [1.82, 2.24) is 15.5 Å². The minimum atomic E-state index is -1.28. The maximum absolute atomic E-state index is 13.4. The van der Waals surface area contributed by atoms with Crippen LogP contribution in [0.2, 0.25) is 5.02 Å². The molecule has 1 aromatic rings. The van der Waals surface area contributed by atoms with Crippen LogP contribution in [0, 0.1) is 11.8 Å². The first-order chi connectivity index (χ1) is 17.7. The number of amides is 3. The molecular formula is C27H43ClN4O5. The zero-order valence-corrected chi connectivity index (χ0v) is 22.3. The molecule has 1 saturated carbocycles. The summed E-state index contributed by atoms with van der Waals surface area (Å²) in [6, 6.07) is 6.44. The van der Waals surface area contributed by atoms with E-state index in [1.54, 1.807) is 23.1 Å². The topological polar surface area (TPSA) is 148 Å². The molecule has 9 nitrogen and oxygen atoms in total. The van der Waals surface area contributed by atoms with Crippen molar-refractivity contribution in [3.05, 3.63) is 34.9 Å². The molecule has 1 saturated heterocycles. The van der Waals surface area contributed by atoms with Gasteiger partial charge in [-0.1, -0.05) is 55.8 Å². The fraction of sp³-hybridized carbons (Fsp3) is 0.704. The van der Waals surface area contributed by atoms with Crippen LogP contribution < -0.4 is 16.4 Å². The lowest BCUT2D eigenvalue weighted by molar-refractivity contribution is -0.0554. The Morgan fingerprint density at radius 1 is 1.19 bits per heavy atom. The molecule has 1 heterocycles. The number of hydrogen-bond acceptors (Lipinski definition) is 5. The normalized spacial score (nSPS) is 22.1. The predicted molar refractivity (Wildman–Crippen MR) is 143 cm³/mol. The molecule has 0 unspecified atom stereocenters. The zero-order valence-electron chi connectivity index (χ0n) is 21.6. The summed E-state index contributed by atoms with van der Waals surface area (Å²) in [7, 11) is 0. The fourth-order valence-corrected chi connectivity index (χ4v) is 6.15. The summed E-state index contributed by atoms with van der Waals surface area (Å²) in [5.74, 6) is 0.216. The van der Waals surface area contributed by atoms with Gasteiger partial charge in [-0.2, -0.15) is 0 Å². The minimum Gasteiger partial charge on any atom is -0.465 e. The predicted octanol–water partition coefficient (Wildman–Crippen LogP) is 3.66. The molecule has 0 bridgehead atoms. The third kappa shape index (κ3) is 8.46. The Hall–Kier alpha value is -2.07. The van der Waals surface area contributed by atoms with Crippen molar-refractivity contribution in [2.24, 2.45) is 17.6 Å². The molecule has 7 N–H and O–H groups in total. The maximum atomic E-state index is 13.4. The van der Waals surface area contributed by atoms with Gasteiger partial charge >= 0.3 is 12.1 Å². The van der Waals surface area contributed by atoms with Crippen molar-refractivity contribution in [2.45, 2.75) is 82.0 Å². The summed E-state index contributed by atoms with van der Waals surface area (Å²) >= 11 is 6.24. The first-order valence-electron chi connectivity index (χ1n) is 13.6. The van der Waals surface area contributed by atoms with Crippen LogP contribution in [0.1, 0.15) is 69.8 Å². The highest BCUT2D eigenvalue weighted by molar-refractivity contribution is 6.30. The Balaban J connectivity index is 1.71. The Morgan fingerprint density at radius 2 is 1.95 bits per heavy atom. The number of nitrogens with two attached hydrogens (primary N) is 1. The van der Waals surface area contributed by atoms with Crippen LogP contribution >= 0.6 is 11.6 Å². The number of carboxylic acid groups (broad SMARTS) is 1. The lowest BCUT2D eigenvalue weighted by Gasteiger charge is -2.43. The van der Waals surface area contributed by atoms with E-state index in [2.05, 4.69) is 10.6 Å². The average molecular weight is 539 g/mol. The van der Waals surface area contributed by atoms with Crippen LogP contribution in [-0.2, 0) is 5.60 Å². The molecule has 1 aromatic carbocycles. The van der Waals surface area contributed by atoms with E-state index in [4.69, 9.17) is 22.4 Å². The van der Waals surface area contributed by atoms with E-state index in [-0.39, 0.29) is 25.0 Å². The van der Waals surface area contributed by atoms with E-state index in [0.717, 1.165) is 25.7 Å². The van der Waals surface area contributed by atoms with Gasteiger partial charge in [-0.25, -0.2) is 9.59 Å². The molecule has 0 radical (unpaired) electrons. The molecule has 2 fully saturated rings. The molecule has 0 spiro atoms. The van der Waals surface area contributed by atoms with Crippen molar-refractivity contribution < 1.29 is 24.9 Å². The van der Waals surface area contributed by atoms with Crippen molar-refractivity contribution >= 4 is 23.7 Å². The molecule has 37 heavy (non-hydrogen) atoms. The molecule has 4 atom stereocenters. The van der Waals surface area contributed by atoms with Crippen LogP contribution in [0.4, 0.5) is 9.59 Å². The average Bonchev–Trinajstić information content (AvgIpc) is 2.90. The number of aliphatic hydroxyl groups is 2. The summed E-state index contributed by atoms with van der Waals surface area (Å²) in [6.45, 7) is 1.20. The fourth-order valence-electron chi connectivity index (χ4n) is 5.95. The van der Waals surface area contributed by atoms with Gasteiger partial charge in [-0.05, 0) is 55.7 Å². The van der Waals surface area contributed by atoms with E-state index in [0.29, 0.717) is 48.9 Å². The lowest BCUT2D eigenvalue weighted by Crippen LogP contribution is -2.55. The summed E-state index contributed by atoms with van der Waals surface area (Å²) in [5.41, 5.74) is 5.15. The molecule has 1 aliphatic carbocycles. The monoisotopic (exact) mass is 538 g/mol. The Kier molecular flexibility index (Phi) is 11.3. The molecule has 2 aliphatic rings. The van der Waals surface area contributed by atoms with Gasteiger partial charge in [0, 0.05) is 37.1 Å². The number of rotatable bonds is 11. The van der Waals surface area contributed by atoms with Gasteiger partial charge in [-0.15, -0.1) is 0 Å². The van der Waals surface area contributed by atoms with Crippen LogP contribution in [0.15, 0.2) is 24.3 Å². The van der Waals surface area contributed by atoms with Gasteiger partial charge in [0.1, 0.15) is 0 Å². The Bertz CT molecular complexity index is 884. The first kappa shape index (κ1) is 29.5. The maximum Gasteiger partial charge on any atom is 0.404 e. The molecule has 208 valence electrons. The van der Waals surface area contributed by atoms with Gasteiger partial charge in [-0.3, -0.25) is 0 Å². The molecule has 1 aliphatic heterocycles. The summed E-state index contributed by atoms with van der Waals surface area (Å²) < 4.78 is 0. The van der Waals surface area contributed by atoms with Crippen molar-refractivity contribution in [1.29, 1.82) is 0 Å². The van der Waals surface area contributed by atoms with Crippen molar-refractivity contribution in [2.75, 3.05) is 26.2 Å². The quantitative estimate of drug-likeness (QED) is 0.237. The number of carbonyl (C=O) groups is 2. The second kappa shape index (κ2) is 14.2. The number of nitrogens with one attached hydrogen (secondary N) is 2. The summed E-state index contributed by atoms with van der Waals surface area (Å²) in [6.07, 6.45) is 6.83. The summed E-state index contributed by atoms with van der Waals surface area (Å²) in [5, 5.41) is 37.3. The second-order valence-electron chi connectivity index (χ2n) is 10.7. The third-order valence-corrected chi connectivity index (χ3v) is 8.28. The number of likely N-dealkylation sites (tertiary alicyclic amines) is 1. The van der Waals surface area contributed by atoms with Gasteiger partial charge in [0.25, 0.3) is 0 Å². The number of piperidine rings is 1. The number of urea groups is 1. The third-order valence-electron chi connectivity index (χ3n) is 8.05. The van der Waals surface area contributed by atoms with E-state index in [9.17, 15) is 19.8 Å². The second-order valence-corrected chi connectivity index (χ2v) is 11.1. The zero-order chi connectivity index (χ0) is 26.8. The molecule has 0 aromatic heterocycles. The van der Waals surface area contributed by atoms with Crippen molar-refractivity contribution in [3.8, 4) is 0 Å². The number of aliphatic hydroxyl groups excluding tert-OH is 1. The van der Waals surface area contributed by atoms with Gasteiger partial charge in [0.2, 0.25) is 0 Å². The van der Waals surface area contributed by atoms with Crippen molar-refractivity contribution in [3.63, 3.8) is 0 Å². The van der Waals surface area contributed by atoms with Gasteiger partial charge in [0.15, 0.2) is 0 Å². The number of halogens is 1. The molecule has 3 amide bonds. The number of hydrogen-bond donors (Lipinski definition) is 6. The lowest BCUT2D eigenvalue weighted by atomic mass is 9.74. The van der Waals surface area contributed by atoms with E-state index >= 15 is 0 Å². The van der Waals surface area contributed by atoms with Crippen LogP contribution in [-0.4, -0.2) is 70.7 Å². The van der Waals surface area contributed by atoms with E-state index in [1.807, 2.05) is 6.07 Å². The number of nitrogens with zero attached hydrogens (tertiary/aromatic N) is 1.